The van der Waals surface area contributed by atoms with Crippen LogP contribution in [0.15, 0.2) is 60.2 Å². The fourth-order valence-corrected chi connectivity index (χ4v) is 10.0. The van der Waals surface area contributed by atoms with Crippen molar-refractivity contribution in [3.63, 3.8) is 0 Å². The van der Waals surface area contributed by atoms with E-state index < -0.39 is 0 Å². The summed E-state index contributed by atoms with van der Waals surface area (Å²) in [7, 11) is 10.9. The van der Waals surface area contributed by atoms with Gasteiger partial charge in [-0.15, -0.1) is 0 Å². The van der Waals surface area contributed by atoms with Crippen LogP contribution >= 0.6 is 68.4 Å². The van der Waals surface area contributed by atoms with Crippen LogP contribution < -0.4 is 51.3 Å². The molecule has 529 valence electrons. The molecule has 105 heavy (non-hydrogen) atoms. The molecule has 0 fully saturated rings. The van der Waals surface area contributed by atoms with E-state index in [0.29, 0.717) is 132 Å². The Labute approximate surface area is 704 Å². The summed E-state index contributed by atoms with van der Waals surface area (Å²) in [5.41, 5.74) is 47.6. The summed E-state index contributed by atoms with van der Waals surface area (Å²) in [5, 5.41) is 0.697. The number of aryl methyl sites for hydroxylation is 7. The summed E-state index contributed by atoms with van der Waals surface area (Å²) in [6.45, 7) is 13.0. The Morgan fingerprint density at radius 3 is 1.21 bits per heavy atom. The number of aromatic amines is 3. The van der Waals surface area contributed by atoms with E-state index in [4.69, 9.17) is 63.3 Å². The van der Waals surface area contributed by atoms with E-state index in [0.717, 1.165) is 17.8 Å². The van der Waals surface area contributed by atoms with Crippen LogP contribution in [0.25, 0.3) is 89.3 Å². The maximum absolute atomic E-state index is 11.2. The zero-order chi connectivity index (χ0) is 73.8. The molecule has 0 aliphatic carbocycles. The van der Waals surface area contributed by atoms with Crippen LogP contribution in [0.3, 0.4) is 0 Å². The second-order valence-corrected chi connectivity index (χ2v) is 22.8. The minimum absolute atomic E-state index is 0. The Kier molecular flexibility index (Phi) is 30.3. The first-order chi connectivity index (χ1) is 48.7. The number of rotatable bonds is 1. The van der Waals surface area contributed by atoms with Crippen molar-refractivity contribution in [2.45, 2.75) is 13.5 Å². The molecule has 0 saturated heterocycles. The second-order valence-electron chi connectivity index (χ2n) is 20.1. The van der Waals surface area contributed by atoms with Crippen LogP contribution in [-0.4, -0.2) is 157 Å². The molecule has 0 amide bonds. The molecule has 0 aliphatic rings. The Hall–Kier alpha value is -9.76. The van der Waals surface area contributed by atoms with Gasteiger partial charge in [-0.3, -0.25) is 55.1 Å². The fraction of sp³-hybridized carbons (Fsp3) is 0.140. The Balaban J connectivity index is 0.000000188. The molecule has 3 radical (unpaired) electrons. The maximum atomic E-state index is 11.2. The number of nitrogens with two attached hydrogens (primary N) is 7. The van der Waals surface area contributed by atoms with Gasteiger partial charge in [-0.1, -0.05) is 23.2 Å². The van der Waals surface area contributed by atoms with Crippen LogP contribution in [0.5, 0.6) is 0 Å². The third-order valence-electron chi connectivity index (χ3n) is 13.1. The number of hydrogen-bond donors (Lipinski definition) is 10. The molecule has 48 heteroatoms. The molecular formula is C57H54Cl2I2N39O2Y3-3. The zero-order valence-electron chi connectivity index (χ0n) is 56.0. The van der Waals surface area contributed by atoms with Crippen LogP contribution in [-0.2, 0) is 147 Å². The van der Waals surface area contributed by atoms with Gasteiger partial charge < -0.3 is 77.1 Å². The topological polar surface area (TPSA) is 582 Å². The molecule has 16 heterocycles. The number of nitrogen functional groups attached to an aromatic ring is 7. The summed E-state index contributed by atoms with van der Waals surface area (Å²) in [4.78, 5) is 118. The van der Waals surface area contributed by atoms with E-state index in [1.807, 2.05) is 94.0 Å². The van der Waals surface area contributed by atoms with Crippen molar-refractivity contribution in [3.05, 3.63) is 128 Å². The van der Waals surface area contributed by atoms with Gasteiger partial charge in [0.25, 0.3) is 11.1 Å². The Bertz CT molecular complexity index is 5830. The summed E-state index contributed by atoms with van der Waals surface area (Å²) >= 11 is 15.7. The van der Waals surface area contributed by atoms with E-state index in [2.05, 4.69) is 181 Å². The van der Waals surface area contributed by atoms with Gasteiger partial charge in [-0.25, -0.2) is 89.7 Å². The third-order valence-corrected chi connectivity index (χ3v) is 14.6. The summed E-state index contributed by atoms with van der Waals surface area (Å²) in [6.07, 6.45) is 12.8. The predicted octanol–water partition coefficient (Wildman–Crippen LogP) is 2.11. The normalized spacial score (nSPS) is 10.1. The van der Waals surface area contributed by atoms with E-state index in [1.165, 1.54) is 19.0 Å². The molecular weight excluding hydrogens is 1850 g/mol. The van der Waals surface area contributed by atoms with Crippen LogP contribution in [0, 0.1) is 64.0 Å². The summed E-state index contributed by atoms with van der Waals surface area (Å²) in [6, 6.07) is 0. The molecule has 16 rings (SSSR count). The molecule has 16 aromatic rings. The third kappa shape index (κ3) is 20.4. The predicted molar refractivity (Wildman–Crippen MR) is 399 cm³/mol. The monoisotopic (exact) mass is 1910 g/mol. The van der Waals surface area contributed by atoms with Gasteiger partial charge in [0.05, 0.1) is 50.6 Å². The quantitative estimate of drug-likeness (QED) is 0.0370. The van der Waals surface area contributed by atoms with Gasteiger partial charge in [0.2, 0.25) is 17.8 Å². The van der Waals surface area contributed by atoms with Gasteiger partial charge in [-0.2, -0.15) is 40.7 Å². The van der Waals surface area contributed by atoms with E-state index in [1.54, 1.807) is 64.0 Å². The maximum Gasteiger partial charge on any atom is 0.280 e. The van der Waals surface area contributed by atoms with Crippen LogP contribution in [0.1, 0.15) is 24.4 Å². The minimum atomic E-state index is -0.307. The number of aromatic nitrogens is 32. The van der Waals surface area contributed by atoms with E-state index >= 15 is 0 Å². The van der Waals surface area contributed by atoms with Crippen LogP contribution in [0.4, 0.5) is 41.1 Å². The van der Waals surface area contributed by atoms with Gasteiger partial charge in [-0.05, 0) is 6.92 Å². The smallest absolute Gasteiger partial charge is 0.280 e. The molecule has 0 aromatic carbocycles. The minimum Gasteiger partial charge on any atom is -0.382 e. The van der Waals surface area contributed by atoms with Crippen molar-refractivity contribution >= 4 is 199 Å². The van der Waals surface area contributed by atoms with Gasteiger partial charge in [0.1, 0.15) is 50.6 Å². The van der Waals surface area contributed by atoms with Crippen molar-refractivity contribution in [1.29, 1.82) is 0 Å². The molecule has 41 nitrogen and oxygen atoms in total. The molecule has 0 bridgehead atoms. The number of imidazole rings is 8. The molecule has 16 aromatic heterocycles. The first-order valence-electron chi connectivity index (χ1n) is 28.5. The molecule has 0 saturated carbocycles. The van der Waals surface area contributed by atoms with Crippen molar-refractivity contribution in [2.24, 2.45) is 42.3 Å². The average Bonchev–Trinajstić information content (AvgIpc) is 1.64. The Morgan fingerprint density at radius 2 is 0.752 bits per heavy atom. The van der Waals surface area contributed by atoms with Gasteiger partial charge >= 0.3 is 0 Å². The molecule has 0 spiro atoms. The largest absolute Gasteiger partial charge is 0.382 e. The molecule has 0 unspecified atom stereocenters. The Morgan fingerprint density at radius 1 is 0.410 bits per heavy atom. The summed E-state index contributed by atoms with van der Waals surface area (Å²) in [5.74, 6) is 18.3. The van der Waals surface area contributed by atoms with Crippen molar-refractivity contribution in [3.8, 4) is 35.5 Å². The molecule has 0 atom stereocenters. The van der Waals surface area contributed by atoms with Crippen molar-refractivity contribution < 1.29 is 98.1 Å². The average molecular weight is 1910 g/mol. The van der Waals surface area contributed by atoms with Crippen molar-refractivity contribution in [2.75, 3.05) is 40.1 Å². The molecule has 0 aliphatic heterocycles. The van der Waals surface area contributed by atoms with E-state index in [9.17, 15) is 9.59 Å². The van der Waals surface area contributed by atoms with Crippen molar-refractivity contribution in [1.82, 2.24) is 157 Å². The zero-order valence-corrected chi connectivity index (χ0v) is 70.4. The summed E-state index contributed by atoms with van der Waals surface area (Å²) < 4.78 is 13.6. The number of fused-ring (bicyclic) bond motifs is 8. The SMILES string of the molecule is Cn1cnc2c(=O)[nH]c(N)nc21.Cn1cnc2c(=O)[nH]c(N)nc21.Cn1cnc2c(Cl)nc(I)nc21.Cn1cnc2c(Cl)nc(N)nc21.Cn1cnc2c(N)nc(I)nc21.[CH2-]C#Cc1nc(N)c2[nH]cnc2n1.[CH2-]C#Cc1nc(N)c2ncn(C)c2n1.[CH2-]C#Cc1nc(N)c2ncn(CC)c2n1.[Y].[Y].[Y]. The molecule has 17 N–H and O–H groups in total. The first kappa shape index (κ1) is 84.2. The number of nitrogens with one attached hydrogen (secondary N) is 3. The number of halogens is 4. The van der Waals surface area contributed by atoms with Gasteiger partial charge in [0, 0.05) is 192 Å². The van der Waals surface area contributed by atoms with Gasteiger partial charge in [0.15, 0.2) is 97.5 Å². The number of nitrogens with zero attached hydrogens (tertiary/aromatic N) is 29. The van der Waals surface area contributed by atoms with E-state index in [-0.39, 0.29) is 132 Å². The second kappa shape index (κ2) is 37.8. The van der Waals surface area contributed by atoms with Crippen LogP contribution in [0.2, 0.25) is 10.3 Å². The number of hydrogen-bond acceptors (Lipinski definition) is 31. The first-order valence-corrected chi connectivity index (χ1v) is 31.4. The standard InChI is InChI=1S/C10H10N5.C9H8N5.C8H6N5.C6H4ClIN4.C6H6ClN5.C6H6IN5.2C6H7N5O.3Y/c1-3-5-7-13-9(11)8-10(14-7)15(4-2)6-12-8;1-3-4-6-12-8(10)7-9(13-6)14(2)5-11-7;1-2-3-5-12-7(9)6-8(13-5)11-4-10-6;2*1-12-2-9-3-4(7)10-6(8)11-5(3)12;1-12-2-9-3-4(8)10-6(7)11-5(3)12;2*1-11-2-8-3-4(11)9-6(7)10-5(3)12;;;/h6H,1,4H2,2H3,(H2,11,13,14);5H,1H2,2H3,(H2,10,12,13);4H,1H2,(H3,9,10,11,12,13);2H,1H3;2*2H,1H3,(H2,8,10,11);2*2H,1H3,(H3,7,9,10,12);;;/q3*-1;;;;;;;;. The number of H-pyrrole nitrogens is 3. The fourth-order valence-electron chi connectivity index (χ4n) is 8.49. The number of anilines is 7.